The minimum atomic E-state index is -0.670. The maximum atomic E-state index is 12.9. The first kappa shape index (κ1) is 19.4. The largest absolute Gasteiger partial charge is 0.437 e. The molecule has 1 fully saturated rings. The van der Waals surface area contributed by atoms with Gasteiger partial charge in [0.1, 0.15) is 6.04 Å². The zero-order valence-electron chi connectivity index (χ0n) is 15.2. The van der Waals surface area contributed by atoms with Gasteiger partial charge in [0.05, 0.1) is 6.54 Å². The molecule has 25 heavy (non-hydrogen) atoms. The summed E-state index contributed by atoms with van der Waals surface area (Å²) in [6, 6.07) is -0.614. The van der Waals surface area contributed by atoms with E-state index >= 15 is 0 Å². The summed E-state index contributed by atoms with van der Waals surface area (Å²) in [5.74, 6) is -1.39. The second kappa shape index (κ2) is 8.94. The van der Waals surface area contributed by atoms with Crippen molar-refractivity contribution in [1.29, 1.82) is 0 Å². The van der Waals surface area contributed by atoms with Crippen LogP contribution in [0.5, 0.6) is 0 Å². The Balaban J connectivity index is 2.24. The Labute approximate surface area is 147 Å². The van der Waals surface area contributed by atoms with Crippen LogP contribution in [0.15, 0.2) is 9.21 Å². The molecule has 8 nitrogen and oxygen atoms in total. The summed E-state index contributed by atoms with van der Waals surface area (Å²) in [5, 5.41) is 6.93. The Hall–Kier alpha value is -1.96. The van der Waals surface area contributed by atoms with E-state index in [0.29, 0.717) is 13.1 Å². The van der Waals surface area contributed by atoms with Gasteiger partial charge < -0.3 is 14.6 Å². The van der Waals surface area contributed by atoms with Crippen molar-refractivity contribution in [1.82, 2.24) is 20.0 Å². The van der Waals surface area contributed by atoms with Crippen molar-refractivity contribution in [3.05, 3.63) is 16.4 Å². The fraction of sp³-hybridized carbons (Fsp3) is 0.765. The lowest BCUT2D eigenvalue weighted by atomic mass is 9.90. The molecule has 0 bridgehead atoms. The molecule has 140 valence electrons. The lowest BCUT2D eigenvalue weighted by Crippen LogP contribution is -2.50. The molecule has 0 aromatic carbocycles. The highest BCUT2D eigenvalue weighted by Crippen LogP contribution is 2.26. The minimum Gasteiger partial charge on any atom is -0.384 e. The van der Waals surface area contributed by atoms with Gasteiger partial charge in [-0.2, -0.15) is 4.68 Å². The third kappa shape index (κ3) is 4.56. The normalized spacial score (nSPS) is 16.8. The van der Waals surface area contributed by atoms with Crippen LogP contribution in [0.25, 0.3) is 0 Å². The topological polar surface area (TPSA) is 97.4 Å². The summed E-state index contributed by atoms with van der Waals surface area (Å²) < 4.78 is 6.19. The Morgan fingerprint density at radius 3 is 2.64 bits per heavy atom. The molecule has 2 rings (SSSR count). The molecule has 1 saturated carbocycles. The van der Waals surface area contributed by atoms with E-state index in [1.165, 1.54) is 0 Å². The van der Waals surface area contributed by atoms with Gasteiger partial charge in [0.2, 0.25) is 12.2 Å². The molecule has 1 atom stereocenters. The van der Waals surface area contributed by atoms with Crippen LogP contribution in [0.4, 0.5) is 0 Å². The predicted octanol–water partition coefficient (Wildman–Crippen LogP) is 1.05. The smallest absolute Gasteiger partial charge is 0.384 e. The third-order valence-electron chi connectivity index (χ3n) is 4.73. The van der Waals surface area contributed by atoms with Gasteiger partial charge in [-0.05, 0) is 25.8 Å². The van der Waals surface area contributed by atoms with Gasteiger partial charge in [0.25, 0.3) is 5.89 Å². The summed E-state index contributed by atoms with van der Waals surface area (Å²) >= 11 is 0. The van der Waals surface area contributed by atoms with E-state index in [1.807, 2.05) is 13.8 Å². The van der Waals surface area contributed by atoms with E-state index in [0.717, 1.165) is 43.2 Å². The summed E-state index contributed by atoms with van der Waals surface area (Å²) in [6.07, 6.45) is 5.83. The molecule has 1 aromatic rings. The summed E-state index contributed by atoms with van der Waals surface area (Å²) in [6.45, 7) is 4.63. The Bertz CT molecular complexity index is 631. The molecule has 0 spiro atoms. The van der Waals surface area contributed by atoms with Crippen molar-refractivity contribution in [2.24, 2.45) is 5.92 Å². The number of nitrogens with zero attached hydrogens (tertiary/aromatic N) is 3. The average molecular weight is 352 g/mol. The fourth-order valence-electron chi connectivity index (χ4n) is 3.43. The van der Waals surface area contributed by atoms with Crippen molar-refractivity contribution in [2.75, 3.05) is 13.6 Å². The van der Waals surface area contributed by atoms with E-state index in [1.54, 1.807) is 11.9 Å². The van der Waals surface area contributed by atoms with E-state index in [-0.39, 0.29) is 17.9 Å². The van der Waals surface area contributed by atoms with Crippen molar-refractivity contribution in [2.45, 2.75) is 64.6 Å². The second-order valence-electron chi connectivity index (χ2n) is 6.90. The number of nitrogens with one attached hydrogen (secondary N) is 1. The number of Topliss-reactive ketones (excluding diaryl/α,β-unsaturated/α-hetero) is 1. The summed E-state index contributed by atoms with van der Waals surface area (Å²) in [5.41, 5.74) is 0. The van der Waals surface area contributed by atoms with Crippen LogP contribution in [0, 0.1) is 5.92 Å². The van der Waals surface area contributed by atoms with Gasteiger partial charge in [-0.3, -0.25) is 9.59 Å². The molecule has 1 N–H and O–H groups in total. The fourth-order valence-corrected chi connectivity index (χ4v) is 3.43. The van der Waals surface area contributed by atoms with E-state index in [4.69, 9.17) is 4.42 Å². The maximum absolute atomic E-state index is 12.9. The van der Waals surface area contributed by atoms with Crippen molar-refractivity contribution < 1.29 is 14.0 Å². The number of hydrogen-bond acceptors (Lipinski definition) is 6. The van der Waals surface area contributed by atoms with Gasteiger partial charge in [-0.15, -0.1) is 5.10 Å². The van der Waals surface area contributed by atoms with E-state index < -0.39 is 17.6 Å². The van der Waals surface area contributed by atoms with Crippen LogP contribution >= 0.6 is 0 Å². The highest BCUT2D eigenvalue weighted by atomic mass is 16.4. The SMILES string of the molecule is CNCCn1nc(C(=O)[C@H](C(C)C)N(C=O)C2CCCCC2)oc1=O. The van der Waals surface area contributed by atoms with Crippen molar-refractivity contribution in [3.63, 3.8) is 0 Å². The van der Waals surface area contributed by atoms with Gasteiger partial charge in [0.15, 0.2) is 0 Å². The number of hydrogen-bond donors (Lipinski definition) is 1. The predicted molar refractivity (Wildman–Crippen MR) is 92.4 cm³/mol. The van der Waals surface area contributed by atoms with Crippen molar-refractivity contribution in [3.8, 4) is 0 Å². The molecule has 8 heteroatoms. The number of rotatable bonds is 9. The summed E-state index contributed by atoms with van der Waals surface area (Å²) in [7, 11) is 1.76. The molecule has 0 saturated heterocycles. The van der Waals surface area contributed by atoms with E-state index in [2.05, 4.69) is 10.4 Å². The first-order valence-corrected chi connectivity index (χ1v) is 8.99. The van der Waals surface area contributed by atoms with Crippen molar-refractivity contribution >= 4 is 12.2 Å². The lowest BCUT2D eigenvalue weighted by Gasteiger charge is -2.37. The van der Waals surface area contributed by atoms with Gasteiger partial charge in [-0.25, -0.2) is 4.79 Å². The van der Waals surface area contributed by atoms with Crippen LogP contribution in [-0.4, -0.2) is 52.5 Å². The van der Waals surface area contributed by atoms with Crippen LogP contribution in [-0.2, 0) is 11.3 Å². The standard InChI is InChI=1S/C17H28N4O4/c1-12(2)14(20(11-22)13-7-5-4-6-8-13)15(23)16-19-21(10-9-18-3)17(24)25-16/h11-14,18H,4-10H2,1-3H3/t14-/m0/s1. The monoisotopic (exact) mass is 352 g/mol. The minimum absolute atomic E-state index is 0.0562. The number of ketones is 1. The van der Waals surface area contributed by atoms with Crippen LogP contribution in [0.2, 0.25) is 0 Å². The van der Waals surface area contributed by atoms with E-state index in [9.17, 15) is 14.4 Å². The van der Waals surface area contributed by atoms with Crippen LogP contribution in [0.1, 0.15) is 56.6 Å². The van der Waals surface area contributed by atoms with Gasteiger partial charge in [0, 0.05) is 12.6 Å². The number of carbonyl (C=O) groups is 2. The highest BCUT2D eigenvalue weighted by Gasteiger charge is 2.36. The number of carbonyl (C=O) groups excluding carboxylic acids is 2. The second-order valence-corrected chi connectivity index (χ2v) is 6.90. The number of aromatic nitrogens is 2. The molecular formula is C17H28N4O4. The molecule has 1 aliphatic carbocycles. The number of amides is 1. The molecule has 0 unspecified atom stereocenters. The van der Waals surface area contributed by atoms with Gasteiger partial charge in [-0.1, -0.05) is 33.1 Å². The first-order valence-electron chi connectivity index (χ1n) is 8.99. The molecule has 1 aliphatic rings. The van der Waals surface area contributed by atoms with Crippen LogP contribution in [0.3, 0.4) is 0 Å². The summed E-state index contributed by atoms with van der Waals surface area (Å²) in [4.78, 5) is 38.2. The Kier molecular flexibility index (Phi) is 6.92. The highest BCUT2D eigenvalue weighted by molar-refractivity contribution is 5.97. The Morgan fingerprint density at radius 1 is 1.40 bits per heavy atom. The molecular weight excluding hydrogens is 324 g/mol. The lowest BCUT2D eigenvalue weighted by molar-refractivity contribution is -0.123. The molecule has 0 radical (unpaired) electrons. The maximum Gasteiger partial charge on any atom is 0.437 e. The molecule has 1 amide bonds. The molecule has 0 aliphatic heterocycles. The zero-order valence-corrected chi connectivity index (χ0v) is 15.2. The molecule has 1 aromatic heterocycles. The number of likely N-dealkylation sites (N-methyl/N-ethyl adjacent to an activating group) is 1. The van der Waals surface area contributed by atoms with Crippen LogP contribution < -0.4 is 11.1 Å². The quantitative estimate of drug-likeness (QED) is 0.527. The average Bonchev–Trinajstić information content (AvgIpc) is 2.98. The van der Waals surface area contributed by atoms with Gasteiger partial charge >= 0.3 is 5.76 Å². The zero-order chi connectivity index (χ0) is 18.4. The third-order valence-corrected chi connectivity index (χ3v) is 4.73. The molecule has 1 heterocycles. The first-order chi connectivity index (χ1) is 12.0. The Morgan fingerprint density at radius 2 is 2.08 bits per heavy atom.